The lowest BCUT2D eigenvalue weighted by molar-refractivity contribution is 0.112. The van der Waals surface area contributed by atoms with Crippen molar-refractivity contribution in [2.45, 2.75) is 0 Å². The van der Waals surface area contributed by atoms with E-state index in [4.69, 9.17) is 10.5 Å². The van der Waals surface area contributed by atoms with Gasteiger partial charge in [-0.05, 0) is 29.3 Å². The number of benzene rings is 2. The summed E-state index contributed by atoms with van der Waals surface area (Å²) in [4.78, 5) is 25.3. The van der Waals surface area contributed by atoms with Gasteiger partial charge in [0, 0.05) is 10.9 Å². The third-order valence-corrected chi connectivity index (χ3v) is 3.61. The fraction of sp³-hybridized carbons (Fsp3) is 0.0588. The number of nitrogens with one attached hydrogen (secondary N) is 2. The average Bonchev–Trinajstić information content (AvgIpc) is 2.90. The Morgan fingerprint density at radius 1 is 1.22 bits per heavy atom. The topological polar surface area (TPSA) is 97.2 Å². The highest BCUT2D eigenvalue weighted by atomic mass is 16.5. The molecule has 0 aliphatic heterocycles. The Hall–Kier alpha value is -3.28. The number of ether oxygens (including phenoxy) is 1. The molecule has 4 N–H and O–H groups in total. The van der Waals surface area contributed by atoms with E-state index in [0.29, 0.717) is 17.7 Å². The van der Waals surface area contributed by atoms with Crippen LogP contribution in [0.25, 0.3) is 22.0 Å². The number of methoxy groups -OCH3 is 1. The van der Waals surface area contributed by atoms with Crippen LogP contribution in [0.1, 0.15) is 10.4 Å². The molecular formula is C17H15N3O3. The number of carbonyl (C=O) groups excluding carboxylic acids is 2. The standard InChI is InChI=1S/C17H15N3O3/c1-23-12-4-2-3-10(7-12)11-5-6-13-14(9-21)16(20-17(18)22)19-15(13)8-11/h2-9,19H,1H3,(H3,18,20,22). The Kier molecular flexibility index (Phi) is 3.72. The van der Waals surface area contributed by atoms with Crippen LogP contribution in [0, 0.1) is 0 Å². The second kappa shape index (κ2) is 5.84. The number of hydrogen-bond acceptors (Lipinski definition) is 3. The first-order chi connectivity index (χ1) is 11.1. The number of aromatic amines is 1. The number of urea groups is 1. The predicted molar refractivity (Wildman–Crippen MR) is 88.9 cm³/mol. The highest BCUT2D eigenvalue weighted by molar-refractivity contribution is 6.07. The summed E-state index contributed by atoms with van der Waals surface area (Å²) >= 11 is 0. The number of carbonyl (C=O) groups is 2. The molecule has 0 aliphatic carbocycles. The molecule has 3 rings (SSSR count). The van der Waals surface area contributed by atoms with Crippen molar-refractivity contribution in [1.82, 2.24) is 4.98 Å². The Morgan fingerprint density at radius 2 is 2.00 bits per heavy atom. The van der Waals surface area contributed by atoms with Gasteiger partial charge in [0.15, 0.2) is 6.29 Å². The van der Waals surface area contributed by atoms with Crippen LogP contribution in [0.2, 0.25) is 0 Å². The number of anilines is 1. The molecule has 0 aliphatic rings. The van der Waals surface area contributed by atoms with Crippen LogP contribution >= 0.6 is 0 Å². The molecule has 0 atom stereocenters. The van der Waals surface area contributed by atoms with Crippen molar-refractivity contribution >= 4 is 29.0 Å². The van der Waals surface area contributed by atoms with Crippen LogP contribution < -0.4 is 15.8 Å². The van der Waals surface area contributed by atoms with Gasteiger partial charge in [0.25, 0.3) is 0 Å². The molecule has 3 aromatic rings. The zero-order valence-corrected chi connectivity index (χ0v) is 12.4. The minimum atomic E-state index is -0.729. The molecule has 116 valence electrons. The summed E-state index contributed by atoms with van der Waals surface area (Å²) in [7, 11) is 1.62. The monoisotopic (exact) mass is 309 g/mol. The van der Waals surface area contributed by atoms with Gasteiger partial charge in [-0.2, -0.15) is 0 Å². The van der Waals surface area contributed by atoms with Gasteiger partial charge in [-0.15, -0.1) is 0 Å². The Labute approximate surface area is 132 Å². The fourth-order valence-corrected chi connectivity index (χ4v) is 2.55. The fourth-order valence-electron chi connectivity index (χ4n) is 2.55. The van der Waals surface area contributed by atoms with Gasteiger partial charge in [0.2, 0.25) is 0 Å². The van der Waals surface area contributed by atoms with Crippen molar-refractivity contribution in [3.05, 3.63) is 48.0 Å². The maximum absolute atomic E-state index is 11.3. The van der Waals surface area contributed by atoms with Gasteiger partial charge in [0.05, 0.1) is 12.7 Å². The first kappa shape index (κ1) is 14.6. The number of amides is 2. The van der Waals surface area contributed by atoms with E-state index in [1.807, 2.05) is 42.5 Å². The van der Waals surface area contributed by atoms with Crippen LogP contribution in [0.3, 0.4) is 0 Å². The smallest absolute Gasteiger partial charge is 0.317 e. The van der Waals surface area contributed by atoms with E-state index in [-0.39, 0.29) is 0 Å². The van der Waals surface area contributed by atoms with Gasteiger partial charge in [-0.3, -0.25) is 10.1 Å². The van der Waals surface area contributed by atoms with Crippen LogP contribution in [0.5, 0.6) is 5.75 Å². The molecule has 0 bridgehead atoms. The number of nitrogens with two attached hydrogens (primary N) is 1. The SMILES string of the molecule is COc1cccc(-c2ccc3c(C=O)c(NC(N)=O)[nH]c3c2)c1. The molecule has 0 radical (unpaired) electrons. The largest absolute Gasteiger partial charge is 0.497 e. The first-order valence-corrected chi connectivity index (χ1v) is 6.94. The minimum absolute atomic E-state index is 0.297. The van der Waals surface area contributed by atoms with E-state index < -0.39 is 6.03 Å². The molecule has 6 nitrogen and oxygen atoms in total. The number of primary amides is 1. The minimum Gasteiger partial charge on any atom is -0.497 e. The summed E-state index contributed by atoms with van der Waals surface area (Å²) in [5.74, 6) is 1.06. The number of aromatic nitrogens is 1. The third-order valence-electron chi connectivity index (χ3n) is 3.61. The lowest BCUT2D eigenvalue weighted by Gasteiger charge is -2.05. The third kappa shape index (κ3) is 2.74. The number of fused-ring (bicyclic) bond motifs is 1. The molecule has 0 saturated carbocycles. The molecule has 0 unspecified atom stereocenters. The normalized spacial score (nSPS) is 10.5. The Bertz CT molecular complexity index is 899. The molecule has 2 amide bonds. The first-order valence-electron chi connectivity index (χ1n) is 6.94. The van der Waals surface area contributed by atoms with Crippen molar-refractivity contribution < 1.29 is 14.3 Å². The zero-order valence-electron chi connectivity index (χ0n) is 12.4. The van der Waals surface area contributed by atoms with Crippen molar-refractivity contribution in [2.75, 3.05) is 12.4 Å². The maximum atomic E-state index is 11.3. The molecule has 0 spiro atoms. The Balaban J connectivity index is 2.11. The summed E-state index contributed by atoms with van der Waals surface area (Å²) in [5, 5.41) is 3.14. The molecule has 23 heavy (non-hydrogen) atoms. The summed E-state index contributed by atoms with van der Waals surface area (Å²) in [6, 6.07) is 12.6. The highest BCUT2D eigenvalue weighted by Gasteiger charge is 2.13. The quantitative estimate of drug-likeness (QED) is 0.646. The number of H-pyrrole nitrogens is 1. The summed E-state index contributed by atoms with van der Waals surface area (Å²) in [6.45, 7) is 0. The van der Waals surface area contributed by atoms with Crippen LogP contribution in [-0.4, -0.2) is 24.4 Å². The average molecular weight is 309 g/mol. The number of rotatable bonds is 4. The van der Waals surface area contributed by atoms with Gasteiger partial charge in [0.1, 0.15) is 11.6 Å². The lowest BCUT2D eigenvalue weighted by atomic mass is 10.0. The second-order valence-corrected chi connectivity index (χ2v) is 5.01. The zero-order chi connectivity index (χ0) is 16.4. The van der Waals surface area contributed by atoms with Gasteiger partial charge in [-0.1, -0.05) is 24.3 Å². The van der Waals surface area contributed by atoms with Crippen LogP contribution in [0.4, 0.5) is 10.6 Å². The van der Waals surface area contributed by atoms with Gasteiger partial charge < -0.3 is 15.5 Å². The molecule has 0 saturated heterocycles. The van der Waals surface area contributed by atoms with E-state index in [1.54, 1.807) is 7.11 Å². The van der Waals surface area contributed by atoms with Gasteiger partial charge in [-0.25, -0.2) is 4.79 Å². The van der Waals surface area contributed by atoms with Crippen LogP contribution in [-0.2, 0) is 0 Å². The summed E-state index contributed by atoms with van der Waals surface area (Å²) < 4.78 is 5.23. The lowest BCUT2D eigenvalue weighted by Crippen LogP contribution is -2.20. The summed E-state index contributed by atoms with van der Waals surface area (Å²) in [5.41, 5.74) is 8.17. The maximum Gasteiger partial charge on any atom is 0.317 e. The highest BCUT2D eigenvalue weighted by Crippen LogP contribution is 2.30. The Morgan fingerprint density at radius 3 is 2.70 bits per heavy atom. The van der Waals surface area contributed by atoms with E-state index in [1.165, 1.54) is 0 Å². The van der Waals surface area contributed by atoms with Gasteiger partial charge >= 0.3 is 6.03 Å². The van der Waals surface area contributed by atoms with E-state index >= 15 is 0 Å². The van der Waals surface area contributed by atoms with Crippen molar-refractivity contribution in [3.63, 3.8) is 0 Å². The number of aldehydes is 1. The molecular weight excluding hydrogens is 294 g/mol. The van der Waals surface area contributed by atoms with E-state index in [2.05, 4.69) is 10.3 Å². The molecule has 2 aromatic carbocycles. The van der Waals surface area contributed by atoms with Crippen molar-refractivity contribution in [2.24, 2.45) is 5.73 Å². The van der Waals surface area contributed by atoms with E-state index in [0.717, 1.165) is 27.8 Å². The molecule has 1 heterocycles. The molecule has 1 aromatic heterocycles. The van der Waals surface area contributed by atoms with Crippen molar-refractivity contribution in [1.29, 1.82) is 0 Å². The number of hydrogen-bond donors (Lipinski definition) is 3. The van der Waals surface area contributed by atoms with Crippen molar-refractivity contribution in [3.8, 4) is 16.9 Å². The second-order valence-electron chi connectivity index (χ2n) is 5.01. The summed E-state index contributed by atoms with van der Waals surface area (Å²) in [6.07, 6.45) is 0.690. The molecule has 6 heteroatoms. The molecule has 0 fully saturated rings. The van der Waals surface area contributed by atoms with Crippen LogP contribution in [0.15, 0.2) is 42.5 Å². The predicted octanol–water partition coefficient (Wildman–Crippen LogP) is 3.15. The van der Waals surface area contributed by atoms with E-state index in [9.17, 15) is 9.59 Å².